The van der Waals surface area contributed by atoms with Gasteiger partial charge in [0.15, 0.2) is 0 Å². The summed E-state index contributed by atoms with van der Waals surface area (Å²) in [5.41, 5.74) is 3.73. The minimum atomic E-state index is 0.208. The molecule has 3 heteroatoms. The van der Waals surface area contributed by atoms with E-state index in [1.165, 1.54) is 43.2 Å². The molecule has 1 aromatic rings. The molecule has 2 heterocycles. The lowest BCUT2D eigenvalue weighted by Gasteiger charge is -2.35. The van der Waals surface area contributed by atoms with Crippen molar-refractivity contribution in [2.24, 2.45) is 0 Å². The van der Waals surface area contributed by atoms with Crippen molar-refractivity contribution in [3.63, 3.8) is 0 Å². The molecular formula is C19H26N2O. The Morgan fingerprint density at radius 3 is 2.50 bits per heavy atom. The highest BCUT2D eigenvalue weighted by Gasteiger charge is 2.36. The molecule has 2 unspecified atom stereocenters. The summed E-state index contributed by atoms with van der Waals surface area (Å²) in [6.07, 6.45) is 9.66. The third-order valence-corrected chi connectivity index (χ3v) is 5.91. The molecule has 2 atom stereocenters. The summed E-state index contributed by atoms with van der Waals surface area (Å²) in [6, 6.07) is 8.04. The summed E-state index contributed by atoms with van der Waals surface area (Å²) in [5, 5.41) is 3.66. The molecule has 0 saturated carbocycles. The zero-order chi connectivity index (χ0) is 15.1. The molecular weight excluding hydrogens is 272 g/mol. The lowest BCUT2D eigenvalue weighted by Crippen LogP contribution is -2.48. The zero-order valence-corrected chi connectivity index (χ0v) is 13.5. The molecule has 118 valence electrons. The van der Waals surface area contributed by atoms with Gasteiger partial charge in [0.2, 0.25) is 0 Å². The van der Waals surface area contributed by atoms with Gasteiger partial charge in [0.25, 0.3) is 5.91 Å². The van der Waals surface area contributed by atoms with Gasteiger partial charge in [-0.15, -0.1) is 0 Å². The van der Waals surface area contributed by atoms with Crippen molar-refractivity contribution >= 4 is 5.91 Å². The predicted molar refractivity (Wildman–Crippen MR) is 88.1 cm³/mol. The molecule has 22 heavy (non-hydrogen) atoms. The van der Waals surface area contributed by atoms with Gasteiger partial charge in [-0.25, -0.2) is 0 Å². The van der Waals surface area contributed by atoms with Crippen LogP contribution >= 0.6 is 0 Å². The Hall–Kier alpha value is -1.35. The van der Waals surface area contributed by atoms with Crippen molar-refractivity contribution in [2.45, 2.75) is 69.5 Å². The molecule has 2 bridgehead atoms. The molecule has 3 aliphatic rings. The fourth-order valence-electron chi connectivity index (χ4n) is 4.58. The third kappa shape index (κ3) is 2.56. The summed E-state index contributed by atoms with van der Waals surface area (Å²) in [6.45, 7) is 0. The van der Waals surface area contributed by atoms with Gasteiger partial charge in [-0.1, -0.05) is 6.07 Å². The Labute approximate surface area is 133 Å². The van der Waals surface area contributed by atoms with Crippen molar-refractivity contribution in [1.82, 2.24) is 10.2 Å². The van der Waals surface area contributed by atoms with Crippen molar-refractivity contribution in [3.05, 3.63) is 34.9 Å². The second-order valence-electron chi connectivity index (χ2n) is 7.37. The Morgan fingerprint density at radius 2 is 1.77 bits per heavy atom. The smallest absolute Gasteiger partial charge is 0.253 e. The van der Waals surface area contributed by atoms with E-state index in [0.717, 1.165) is 24.8 Å². The minimum absolute atomic E-state index is 0.208. The fourth-order valence-corrected chi connectivity index (χ4v) is 4.58. The molecule has 1 aromatic carbocycles. The first-order valence-electron chi connectivity index (χ1n) is 8.86. The monoisotopic (exact) mass is 298 g/mol. The molecule has 4 rings (SSSR count). The highest BCUT2D eigenvalue weighted by molar-refractivity contribution is 5.94. The standard InChI is InChI=1S/C19H26N2O/c1-21(18-11-16-8-9-17(12-18)20-16)19(22)15-7-6-13-4-2-3-5-14(13)10-15/h6-7,10,16-18,20H,2-5,8-9,11-12H2,1H3. The number of nitrogens with one attached hydrogen (secondary N) is 1. The minimum Gasteiger partial charge on any atom is -0.339 e. The van der Waals surface area contributed by atoms with Crippen LogP contribution in [-0.4, -0.2) is 36.0 Å². The van der Waals surface area contributed by atoms with E-state index in [1.807, 2.05) is 18.0 Å². The summed E-state index contributed by atoms with van der Waals surface area (Å²) in [5.74, 6) is 0.208. The maximum atomic E-state index is 12.9. The van der Waals surface area contributed by atoms with Crippen LogP contribution in [0.2, 0.25) is 0 Å². The van der Waals surface area contributed by atoms with E-state index in [0.29, 0.717) is 18.1 Å². The van der Waals surface area contributed by atoms with Crippen LogP contribution in [0.1, 0.15) is 60.0 Å². The second kappa shape index (κ2) is 5.69. The van der Waals surface area contributed by atoms with Crippen LogP contribution in [0.4, 0.5) is 0 Å². The summed E-state index contributed by atoms with van der Waals surface area (Å²) >= 11 is 0. The average molecular weight is 298 g/mol. The summed E-state index contributed by atoms with van der Waals surface area (Å²) in [7, 11) is 2.00. The molecule has 0 radical (unpaired) electrons. The molecule has 2 aliphatic heterocycles. The molecule has 3 nitrogen and oxygen atoms in total. The Balaban J connectivity index is 1.51. The molecule has 0 spiro atoms. The maximum Gasteiger partial charge on any atom is 0.253 e. The number of hydrogen-bond donors (Lipinski definition) is 1. The number of fused-ring (bicyclic) bond motifs is 3. The second-order valence-corrected chi connectivity index (χ2v) is 7.37. The van der Waals surface area contributed by atoms with Gasteiger partial charge in [0.1, 0.15) is 0 Å². The molecule has 2 saturated heterocycles. The molecule has 1 N–H and O–H groups in total. The van der Waals surface area contributed by atoms with Gasteiger partial charge in [-0.2, -0.15) is 0 Å². The van der Waals surface area contributed by atoms with Crippen LogP contribution in [0.5, 0.6) is 0 Å². The number of amides is 1. The normalized spacial score (nSPS) is 30.0. The van der Waals surface area contributed by atoms with Crippen LogP contribution in [0.15, 0.2) is 18.2 Å². The highest BCUT2D eigenvalue weighted by Crippen LogP contribution is 2.30. The number of carbonyl (C=O) groups is 1. The van der Waals surface area contributed by atoms with E-state index in [1.54, 1.807) is 0 Å². The average Bonchev–Trinajstić information content (AvgIpc) is 2.91. The lowest BCUT2D eigenvalue weighted by atomic mass is 9.90. The van der Waals surface area contributed by atoms with Crippen LogP contribution in [0.25, 0.3) is 0 Å². The first-order valence-corrected chi connectivity index (χ1v) is 8.86. The van der Waals surface area contributed by atoms with Crippen LogP contribution in [-0.2, 0) is 12.8 Å². The summed E-state index contributed by atoms with van der Waals surface area (Å²) < 4.78 is 0. The number of benzene rings is 1. The number of rotatable bonds is 2. The van der Waals surface area contributed by atoms with Crippen molar-refractivity contribution < 1.29 is 4.79 Å². The molecule has 1 aliphatic carbocycles. The van der Waals surface area contributed by atoms with Gasteiger partial charge in [0, 0.05) is 30.7 Å². The van der Waals surface area contributed by atoms with Gasteiger partial charge >= 0.3 is 0 Å². The Bertz CT molecular complexity index is 571. The van der Waals surface area contributed by atoms with Gasteiger partial charge < -0.3 is 10.2 Å². The number of carbonyl (C=O) groups excluding carboxylic acids is 1. The number of piperidine rings is 1. The number of hydrogen-bond acceptors (Lipinski definition) is 2. The quantitative estimate of drug-likeness (QED) is 0.910. The topological polar surface area (TPSA) is 32.3 Å². The maximum absolute atomic E-state index is 12.9. The van der Waals surface area contributed by atoms with Crippen LogP contribution in [0, 0.1) is 0 Å². The van der Waals surface area contributed by atoms with Crippen molar-refractivity contribution in [1.29, 1.82) is 0 Å². The zero-order valence-electron chi connectivity index (χ0n) is 13.5. The fraction of sp³-hybridized carbons (Fsp3) is 0.632. The summed E-state index contributed by atoms with van der Waals surface area (Å²) in [4.78, 5) is 14.9. The van der Waals surface area contributed by atoms with E-state index in [2.05, 4.69) is 17.4 Å². The van der Waals surface area contributed by atoms with Crippen LogP contribution in [0.3, 0.4) is 0 Å². The molecule has 1 amide bonds. The van der Waals surface area contributed by atoms with E-state index in [4.69, 9.17) is 0 Å². The van der Waals surface area contributed by atoms with Crippen molar-refractivity contribution in [2.75, 3.05) is 7.05 Å². The van der Waals surface area contributed by atoms with E-state index < -0.39 is 0 Å². The Kier molecular flexibility index (Phi) is 3.69. The number of nitrogens with zero attached hydrogens (tertiary/aromatic N) is 1. The van der Waals surface area contributed by atoms with E-state index >= 15 is 0 Å². The largest absolute Gasteiger partial charge is 0.339 e. The predicted octanol–water partition coefficient (Wildman–Crippen LogP) is 2.92. The van der Waals surface area contributed by atoms with E-state index in [9.17, 15) is 4.79 Å². The first-order chi connectivity index (χ1) is 10.7. The first kappa shape index (κ1) is 14.3. The molecule has 0 aromatic heterocycles. The molecule has 2 fully saturated rings. The van der Waals surface area contributed by atoms with Gasteiger partial charge in [-0.05, 0) is 74.6 Å². The lowest BCUT2D eigenvalue weighted by molar-refractivity contribution is 0.0681. The highest BCUT2D eigenvalue weighted by atomic mass is 16.2. The third-order valence-electron chi connectivity index (χ3n) is 5.91. The Morgan fingerprint density at radius 1 is 1.09 bits per heavy atom. The van der Waals surface area contributed by atoms with Gasteiger partial charge in [-0.3, -0.25) is 4.79 Å². The van der Waals surface area contributed by atoms with Gasteiger partial charge in [0.05, 0.1) is 0 Å². The van der Waals surface area contributed by atoms with E-state index in [-0.39, 0.29) is 5.91 Å². The van der Waals surface area contributed by atoms with Crippen LogP contribution < -0.4 is 5.32 Å². The SMILES string of the molecule is CN(C(=O)c1ccc2c(c1)CCCC2)C1CC2CCC(C1)N2. The number of aryl methyl sites for hydroxylation is 2. The van der Waals surface area contributed by atoms with Crippen molar-refractivity contribution in [3.8, 4) is 0 Å².